The van der Waals surface area contributed by atoms with Crippen LogP contribution in [0.25, 0.3) is 0 Å². The predicted molar refractivity (Wildman–Crippen MR) is 85.0 cm³/mol. The summed E-state index contributed by atoms with van der Waals surface area (Å²) in [5, 5.41) is 5.86. The molecule has 0 saturated carbocycles. The molecule has 0 aromatic heterocycles. The maximum absolute atomic E-state index is 12.1. The Labute approximate surface area is 130 Å². The predicted octanol–water partition coefficient (Wildman–Crippen LogP) is 1.63. The number of rotatable bonds is 5. The number of anilines is 1. The van der Waals surface area contributed by atoms with Crippen molar-refractivity contribution in [1.29, 1.82) is 0 Å². The number of urea groups is 1. The van der Waals surface area contributed by atoms with E-state index in [9.17, 15) is 4.79 Å². The number of hydrogen-bond donors (Lipinski definition) is 2. The van der Waals surface area contributed by atoms with Crippen LogP contribution in [-0.2, 0) is 12.8 Å². The molecule has 22 heavy (non-hydrogen) atoms. The molecule has 0 unspecified atom stereocenters. The Kier molecular flexibility index (Phi) is 4.38. The van der Waals surface area contributed by atoms with Crippen LogP contribution in [0.3, 0.4) is 0 Å². The monoisotopic (exact) mass is 305 g/mol. The molecule has 0 radical (unpaired) electrons. The van der Waals surface area contributed by atoms with Gasteiger partial charge in [-0.1, -0.05) is 0 Å². The van der Waals surface area contributed by atoms with Crippen molar-refractivity contribution >= 4 is 11.7 Å². The standard InChI is InChI=1S/C16H23N3O3/c1-19(2)7-3-6-17-16(20)18-14-12-5-9-21-13(12)10-11-4-8-22-15(11)14/h10H,3-9H2,1-2H3,(H2,17,18,20). The molecule has 0 spiro atoms. The zero-order valence-electron chi connectivity index (χ0n) is 13.2. The fourth-order valence-corrected chi connectivity index (χ4v) is 2.87. The molecule has 2 amide bonds. The lowest BCUT2D eigenvalue weighted by Crippen LogP contribution is -2.31. The Morgan fingerprint density at radius 1 is 1.27 bits per heavy atom. The highest BCUT2D eigenvalue weighted by atomic mass is 16.5. The molecular weight excluding hydrogens is 282 g/mol. The number of carbonyl (C=O) groups excluding carboxylic acids is 1. The normalized spacial score (nSPS) is 15.0. The highest BCUT2D eigenvalue weighted by Crippen LogP contribution is 2.44. The van der Waals surface area contributed by atoms with Gasteiger partial charge < -0.3 is 25.0 Å². The molecule has 0 atom stereocenters. The highest BCUT2D eigenvalue weighted by Gasteiger charge is 2.27. The molecule has 2 aliphatic rings. The lowest BCUT2D eigenvalue weighted by Gasteiger charge is -2.15. The summed E-state index contributed by atoms with van der Waals surface area (Å²) >= 11 is 0. The second-order valence-corrected chi connectivity index (χ2v) is 5.95. The van der Waals surface area contributed by atoms with E-state index in [1.54, 1.807) is 0 Å². The summed E-state index contributed by atoms with van der Waals surface area (Å²) in [5.74, 6) is 1.69. The summed E-state index contributed by atoms with van der Waals surface area (Å²) in [6, 6.07) is 1.86. The SMILES string of the molecule is CN(C)CCCNC(=O)Nc1c2c(cc3c1OCC3)OCC2. The van der Waals surface area contributed by atoms with Crippen molar-refractivity contribution in [3.63, 3.8) is 0 Å². The average molecular weight is 305 g/mol. The first-order valence-corrected chi connectivity index (χ1v) is 7.79. The quantitative estimate of drug-likeness (QED) is 0.812. The van der Waals surface area contributed by atoms with Crippen LogP contribution in [0, 0.1) is 0 Å². The highest BCUT2D eigenvalue weighted by molar-refractivity contribution is 5.93. The topological polar surface area (TPSA) is 62.8 Å². The van der Waals surface area contributed by atoms with Gasteiger partial charge in [-0.25, -0.2) is 4.79 Å². The van der Waals surface area contributed by atoms with Gasteiger partial charge in [0, 0.05) is 30.5 Å². The van der Waals surface area contributed by atoms with E-state index in [0.29, 0.717) is 19.8 Å². The lowest BCUT2D eigenvalue weighted by atomic mass is 10.0. The molecule has 1 aromatic rings. The molecular formula is C16H23N3O3. The maximum atomic E-state index is 12.1. The van der Waals surface area contributed by atoms with Gasteiger partial charge in [-0.2, -0.15) is 0 Å². The molecule has 2 heterocycles. The molecule has 1 aromatic carbocycles. The molecule has 6 nitrogen and oxygen atoms in total. The molecule has 2 aliphatic heterocycles. The van der Waals surface area contributed by atoms with E-state index in [1.165, 1.54) is 0 Å². The molecule has 0 aliphatic carbocycles. The van der Waals surface area contributed by atoms with Crippen LogP contribution in [0.15, 0.2) is 6.07 Å². The first kappa shape index (κ1) is 15.0. The van der Waals surface area contributed by atoms with Crippen LogP contribution in [0.1, 0.15) is 17.5 Å². The van der Waals surface area contributed by atoms with Gasteiger partial charge in [0.2, 0.25) is 0 Å². The van der Waals surface area contributed by atoms with Crippen molar-refractivity contribution in [3.05, 3.63) is 17.2 Å². The summed E-state index contributed by atoms with van der Waals surface area (Å²) < 4.78 is 11.3. The first-order valence-electron chi connectivity index (χ1n) is 7.79. The molecule has 2 N–H and O–H groups in total. The maximum Gasteiger partial charge on any atom is 0.319 e. The number of nitrogens with zero attached hydrogens (tertiary/aromatic N) is 1. The average Bonchev–Trinajstić information content (AvgIpc) is 3.11. The number of fused-ring (bicyclic) bond motifs is 2. The summed E-state index contributed by atoms with van der Waals surface area (Å²) in [4.78, 5) is 14.2. The van der Waals surface area contributed by atoms with E-state index in [4.69, 9.17) is 9.47 Å². The van der Waals surface area contributed by atoms with Crippen molar-refractivity contribution in [2.24, 2.45) is 0 Å². The van der Waals surface area contributed by atoms with Gasteiger partial charge in [-0.15, -0.1) is 0 Å². The van der Waals surface area contributed by atoms with Crippen LogP contribution in [0.5, 0.6) is 11.5 Å². The second kappa shape index (κ2) is 6.44. The third kappa shape index (κ3) is 3.11. The van der Waals surface area contributed by atoms with E-state index >= 15 is 0 Å². The van der Waals surface area contributed by atoms with E-state index in [1.807, 2.05) is 20.2 Å². The minimum absolute atomic E-state index is 0.184. The Bertz CT molecular complexity index is 540. The number of amides is 2. The Hall–Kier alpha value is -1.95. The number of carbonyl (C=O) groups is 1. The molecule has 120 valence electrons. The summed E-state index contributed by atoms with van der Waals surface area (Å²) in [5.41, 5.74) is 2.94. The van der Waals surface area contributed by atoms with Gasteiger partial charge in [-0.05, 0) is 33.1 Å². The number of ether oxygens (including phenoxy) is 2. The van der Waals surface area contributed by atoms with Gasteiger partial charge in [0.1, 0.15) is 11.5 Å². The lowest BCUT2D eigenvalue weighted by molar-refractivity contribution is 0.251. The number of benzene rings is 1. The Morgan fingerprint density at radius 3 is 2.91 bits per heavy atom. The van der Waals surface area contributed by atoms with Crippen molar-refractivity contribution in [2.45, 2.75) is 19.3 Å². The molecule has 0 fully saturated rings. The van der Waals surface area contributed by atoms with E-state index in [0.717, 1.165) is 54.1 Å². The summed E-state index contributed by atoms with van der Waals surface area (Å²) in [7, 11) is 4.04. The van der Waals surface area contributed by atoms with Gasteiger partial charge in [0.15, 0.2) is 0 Å². The fraction of sp³-hybridized carbons (Fsp3) is 0.562. The largest absolute Gasteiger partial charge is 0.493 e. The van der Waals surface area contributed by atoms with Gasteiger partial charge in [-0.3, -0.25) is 0 Å². The van der Waals surface area contributed by atoms with E-state index < -0.39 is 0 Å². The minimum Gasteiger partial charge on any atom is -0.493 e. The van der Waals surface area contributed by atoms with Gasteiger partial charge in [0.05, 0.1) is 18.9 Å². The zero-order chi connectivity index (χ0) is 15.5. The summed E-state index contributed by atoms with van der Waals surface area (Å²) in [6.45, 7) is 2.93. The third-order valence-electron chi connectivity index (χ3n) is 3.96. The van der Waals surface area contributed by atoms with Crippen LogP contribution in [-0.4, -0.2) is 51.3 Å². The summed E-state index contributed by atoms with van der Waals surface area (Å²) in [6.07, 6.45) is 2.60. The smallest absolute Gasteiger partial charge is 0.319 e. The second-order valence-electron chi connectivity index (χ2n) is 5.95. The van der Waals surface area contributed by atoms with E-state index in [-0.39, 0.29) is 6.03 Å². The Morgan fingerprint density at radius 2 is 2.09 bits per heavy atom. The molecule has 0 saturated heterocycles. The van der Waals surface area contributed by atoms with Gasteiger partial charge >= 0.3 is 6.03 Å². The fourth-order valence-electron chi connectivity index (χ4n) is 2.87. The molecule has 3 rings (SSSR count). The van der Waals surface area contributed by atoms with Crippen LogP contribution < -0.4 is 20.1 Å². The zero-order valence-corrected chi connectivity index (χ0v) is 13.2. The van der Waals surface area contributed by atoms with Crippen molar-refractivity contribution in [3.8, 4) is 11.5 Å². The van der Waals surface area contributed by atoms with E-state index in [2.05, 4.69) is 15.5 Å². The van der Waals surface area contributed by atoms with Crippen LogP contribution in [0.2, 0.25) is 0 Å². The third-order valence-corrected chi connectivity index (χ3v) is 3.96. The Balaban J connectivity index is 1.66. The van der Waals surface area contributed by atoms with Gasteiger partial charge in [0.25, 0.3) is 0 Å². The van der Waals surface area contributed by atoms with Crippen LogP contribution in [0.4, 0.5) is 10.5 Å². The molecule has 6 heteroatoms. The molecule has 0 bridgehead atoms. The van der Waals surface area contributed by atoms with Crippen molar-refractivity contribution in [2.75, 3.05) is 45.7 Å². The van der Waals surface area contributed by atoms with Crippen LogP contribution >= 0.6 is 0 Å². The van der Waals surface area contributed by atoms with Crippen molar-refractivity contribution in [1.82, 2.24) is 10.2 Å². The first-order chi connectivity index (χ1) is 10.6. The number of nitrogens with one attached hydrogen (secondary N) is 2. The number of hydrogen-bond acceptors (Lipinski definition) is 4. The minimum atomic E-state index is -0.184. The van der Waals surface area contributed by atoms with Crippen molar-refractivity contribution < 1.29 is 14.3 Å².